The lowest BCUT2D eigenvalue weighted by Gasteiger charge is -2.15. The molecule has 0 aliphatic rings. The standard InChI is InChI=1S/C31H28FN5O5/c1-17(2)37-15-22(18-5-7-19(32)8-6-18)30(38)23(16-37)31(39)36-29-10-9-20(14-34-29)42-25-13-28(33)35-24-12-27(41-4)26(40-3)11-21(24)25/h5-17H,1-4H3,(H2,33,35)(H,34,36,39). The number of ether oxygens (including phenoxy) is 3. The topological polar surface area (TPSA) is 131 Å². The Morgan fingerprint density at radius 2 is 1.69 bits per heavy atom. The number of nitrogens with one attached hydrogen (secondary N) is 1. The van der Waals surface area contributed by atoms with Crippen LogP contribution in [0.2, 0.25) is 0 Å². The number of aromatic nitrogens is 3. The van der Waals surface area contributed by atoms with Gasteiger partial charge in [-0.25, -0.2) is 14.4 Å². The molecule has 0 fully saturated rings. The Morgan fingerprint density at radius 1 is 0.976 bits per heavy atom. The van der Waals surface area contributed by atoms with E-state index in [4.69, 9.17) is 19.9 Å². The molecular weight excluding hydrogens is 541 g/mol. The molecule has 0 aliphatic heterocycles. The van der Waals surface area contributed by atoms with E-state index in [1.807, 2.05) is 13.8 Å². The minimum atomic E-state index is -0.631. The van der Waals surface area contributed by atoms with Crippen molar-refractivity contribution < 1.29 is 23.4 Å². The lowest BCUT2D eigenvalue weighted by Crippen LogP contribution is -2.25. The maximum absolute atomic E-state index is 13.5. The van der Waals surface area contributed by atoms with Gasteiger partial charge in [-0.1, -0.05) is 12.1 Å². The summed E-state index contributed by atoms with van der Waals surface area (Å²) < 4.78 is 32.0. The molecule has 1 amide bonds. The van der Waals surface area contributed by atoms with Crippen LogP contribution in [0.4, 0.5) is 16.0 Å². The number of carbonyl (C=O) groups excluding carboxylic acids is 1. The zero-order valence-electron chi connectivity index (χ0n) is 23.3. The van der Waals surface area contributed by atoms with Crippen LogP contribution in [0.5, 0.6) is 23.0 Å². The molecular formula is C31H28FN5O5. The molecule has 5 aromatic rings. The van der Waals surface area contributed by atoms with E-state index >= 15 is 0 Å². The number of benzene rings is 2. The van der Waals surface area contributed by atoms with E-state index in [1.54, 1.807) is 41.1 Å². The molecule has 0 bridgehead atoms. The van der Waals surface area contributed by atoms with Gasteiger partial charge in [-0.05, 0) is 49.7 Å². The summed E-state index contributed by atoms with van der Waals surface area (Å²) in [5.74, 6) is 1.19. The fourth-order valence-electron chi connectivity index (χ4n) is 4.34. The first-order valence-electron chi connectivity index (χ1n) is 13.0. The Morgan fingerprint density at radius 3 is 2.33 bits per heavy atom. The van der Waals surface area contributed by atoms with Gasteiger partial charge < -0.3 is 29.8 Å². The van der Waals surface area contributed by atoms with Crippen molar-refractivity contribution in [2.75, 3.05) is 25.3 Å². The SMILES string of the molecule is COc1cc2nc(N)cc(Oc3ccc(NC(=O)c4cn(C(C)C)cc(-c5ccc(F)cc5)c4=O)nc3)c2cc1OC. The average molecular weight is 570 g/mol. The van der Waals surface area contributed by atoms with Crippen molar-refractivity contribution in [3.8, 4) is 34.1 Å². The number of nitrogens with zero attached hydrogens (tertiary/aromatic N) is 3. The van der Waals surface area contributed by atoms with Gasteiger partial charge in [0, 0.05) is 41.5 Å². The first-order chi connectivity index (χ1) is 20.2. The molecule has 11 heteroatoms. The highest BCUT2D eigenvalue weighted by Crippen LogP contribution is 2.38. The first kappa shape index (κ1) is 28.1. The fraction of sp³-hybridized carbons (Fsp3) is 0.161. The molecule has 0 aliphatic carbocycles. The van der Waals surface area contributed by atoms with E-state index in [0.29, 0.717) is 39.5 Å². The number of hydrogen-bond donors (Lipinski definition) is 2. The van der Waals surface area contributed by atoms with Crippen molar-refractivity contribution in [3.63, 3.8) is 0 Å². The van der Waals surface area contributed by atoms with Gasteiger partial charge >= 0.3 is 0 Å². The minimum Gasteiger partial charge on any atom is -0.493 e. The predicted octanol–water partition coefficient (Wildman–Crippen LogP) is 5.82. The Balaban J connectivity index is 1.41. The monoisotopic (exact) mass is 569 g/mol. The summed E-state index contributed by atoms with van der Waals surface area (Å²) in [4.78, 5) is 35.1. The van der Waals surface area contributed by atoms with Crippen molar-refractivity contribution in [3.05, 3.63) is 94.8 Å². The number of nitrogen functional groups attached to an aromatic ring is 1. The molecule has 2 aromatic carbocycles. The molecule has 42 heavy (non-hydrogen) atoms. The number of halogens is 1. The van der Waals surface area contributed by atoms with Gasteiger partial charge in [-0.3, -0.25) is 9.59 Å². The molecule has 0 spiro atoms. The van der Waals surface area contributed by atoms with Gasteiger partial charge in [0.05, 0.1) is 25.9 Å². The molecule has 0 radical (unpaired) electrons. The summed E-state index contributed by atoms with van der Waals surface area (Å²) in [7, 11) is 3.06. The third-order valence-electron chi connectivity index (χ3n) is 6.54. The normalized spacial score (nSPS) is 11.0. The van der Waals surface area contributed by atoms with Crippen LogP contribution in [0, 0.1) is 5.82 Å². The number of carbonyl (C=O) groups is 1. The summed E-state index contributed by atoms with van der Waals surface area (Å²) in [6.45, 7) is 3.85. The van der Waals surface area contributed by atoms with Crippen molar-refractivity contribution in [1.29, 1.82) is 0 Å². The highest BCUT2D eigenvalue weighted by molar-refractivity contribution is 6.04. The van der Waals surface area contributed by atoms with Gasteiger partial charge in [0.15, 0.2) is 11.5 Å². The average Bonchev–Trinajstić information content (AvgIpc) is 2.97. The number of nitrogens with two attached hydrogens (primary N) is 1. The molecule has 0 saturated carbocycles. The van der Waals surface area contributed by atoms with E-state index in [9.17, 15) is 14.0 Å². The number of hydrogen-bond acceptors (Lipinski definition) is 8. The van der Waals surface area contributed by atoms with Crippen LogP contribution in [0.15, 0.2) is 78.0 Å². The molecule has 0 atom stereocenters. The highest BCUT2D eigenvalue weighted by Gasteiger charge is 2.18. The van der Waals surface area contributed by atoms with Crippen LogP contribution in [0.3, 0.4) is 0 Å². The van der Waals surface area contributed by atoms with Gasteiger partial charge in [-0.15, -0.1) is 0 Å². The van der Waals surface area contributed by atoms with Crippen LogP contribution >= 0.6 is 0 Å². The molecule has 10 nitrogen and oxygen atoms in total. The Labute approximate surface area is 240 Å². The van der Waals surface area contributed by atoms with Crippen LogP contribution in [-0.4, -0.2) is 34.7 Å². The highest BCUT2D eigenvalue weighted by atomic mass is 19.1. The van der Waals surface area contributed by atoms with Gasteiger partial charge in [0.2, 0.25) is 5.43 Å². The van der Waals surface area contributed by atoms with Crippen LogP contribution < -0.4 is 30.7 Å². The summed E-state index contributed by atoms with van der Waals surface area (Å²) in [5.41, 5.74) is 6.78. The third-order valence-corrected chi connectivity index (χ3v) is 6.54. The summed E-state index contributed by atoms with van der Waals surface area (Å²) in [6.07, 6.45) is 4.58. The zero-order valence-corrected chi connectivity index (χ0v) is 23.3. The number of fused-ring (bicyclic) bond motifs is 1. The summed E-state index contributed by atoms with van der Waals surface area (Å²) in [6, 6.07) is 13.7. The lowest BCUT2D eigenvalue weighted by molar-refractivity contribution is 0.102. The quantitative estimate of drug-likeness (QED) is 0.239. The fourth-order valence-corrected chi connectivity index (χ4v) is 4.34. The van der Waals surface area contributed by atoms with Gasteiger partial charge in [-0.2, -0.15) is 0 Å². The molecule has 5 rings (SSSR count). The number of amides is 1. The van der Waals surface area contributed by atoms with E-state index < -0.39 is 17.2 Å². The second-order valence-corrected chi connectivity index (χ2v) is 9.67. The van der Waals surface area contributed by atoms with Crippen molar-refractivity contribution >= 4 is 28.4 Å². The smallest absolute Gasteiger partial charge is 0.262 e. The first-order valence-corrected chi connectivity index (χ1v) is 13.0. The van der Waals surface area contributed by atoms with E-state index in [-0.39, 0.29) is 28.8 Å². The zero-order chi connectivity index (χ0) is 30.0. The predicted molar refractivity (Wildman–Crippen MR) is 158 cm³/mol. The second-order valence-electron chi connectivity index (χ2n) is 9.67. The molecule has 3 N–H and O–H groups in total. The van der Waals surface area contributed by atoms with Crippen molar-refractivity contribution in [2.24, 2.45) is 0 Å². The van der Waals surface area contributed by atoms with Crippen molar-refractivity contribution in [2.45, 2.75) is 19.9 Å². The number of anilines is 2. The maximum Gasteiger partial charge on any atom is 0.262 e. The van der Waals surface area contributed by atoms with E-state index in [0.717, 1.165) is 0 Å². The number of methoxy groups -OCH3 is 2. The Bertz CT molecular complexity index is 1840. The van der Waals surface area contributed by atoms with Crippen molar-refractivity contribution in [1.82, 2.24) is 14.5 Å². The van der Waals surface area contributed by atoms with E-state index in [1.165, 1.54) is 50.9 Å². The largest absolute Gasteiger partial charge is 0.493 e. The molecule has 3 aromatic heterocycles. The second kappa shape index (κ2) is 11.6. The lowest BCUT2D eigenvalue weighted by atomic mass is 10.0. The molecule has 0 unspecified atom stereocenters. The number of pyridine rings is 3. The van der Waals surface area contributed by atoms with Crippen LogP contribution in [0.1, 0.15) is 30.2 Å². The molecule has 3 heterocycles. The Kier molecular flexibility index (Phi) is 7.74. The van der Waals surface area contributed by atoms with Crippen LogP contribution in [0.25, 0.3) is 22.0 Å². The summed E-state index contributed by atoms with van der Waals surface area (Å²) in [5, 5.41) is 3.31. The third kappa shape index (κ3) is 5.71. The molecule has 214 valence electrons. The summed E-state index contributed by atoms with van der Waals surface area (Å²) >= 11 is 0. The van der Waals surface area contributed by atoms with Crippen LogP contribution in [-0.2, 0) is 0 Å². The maximum atomic E-state index is 13.5. The number of rotatable bonds is 8. The van der Waals surface area contributed by atoms with E-state index in [2.05, 4.69) is 15.3 Å². The Hall–Kier alpha value is -5.45. The molecule has 0 saturated heterocycles. The van der Waals surface area contributed by atoms with Gasteiger partial charge in [0.1, 0.15) is 34.5 Å². The minimum absolute atomic E-state index is 0.0368. The van der Waals surface area contributed by atoms with Gasteiger partial charge in [0.25, 0.3) is 5.91 Å².